The van der Waals surface area contributed by atoms with Gasteiger partial charge in [0.2, 0.25) is 5.91 Å². The van der Waals surface area contributed by atoms with Gasteiger partial charge in [0.25, 0.3) is 0 Å². The number of benzene rings is 1. The van der Waals surface area contributed by atoms with Gasteiger partial charge in [-0.25, -0.2) is 18.7 Å². The molecule has 6 nitrogen and oxygen atoms in total. The van der Waals surface area contributed by atoms with Crippen LogP contribution in [-0.4, -0.2) is 38.8 Å². The number of aromatic nitrogens is 3. The summed E-state index contributed by atoms with van der Waals surface area (Å²) < 4.78 is 27.9. The molecule has 0 spiro atoms. The molecule has 0 aliphatic carbocycles. The molecule has 4 rings (SSSR count). The highest BCUT2D eigenvalue weighted by Crippen LogP contribution is 2.31. The van der Waals surface area contributed by atoms with Crippen molar-refractivity contribution >= 4 is 39.9 Å². The van der Waals surface area contributed by atoms with Crippen LogP contribution < -0.4 is 5.32 Å². The Morgan fingerprint density at radius 1 is 1.25 bits per heavy atom. The number of hydrogen-bond donors (Lipinski definition) is 1. The summed E-state index contributed by atoms with van der Waals surface area (Å²) in [4.78, 5) is 26.0. The van der Waals surface area contributed by atoms with Gasteiger partial charge in [0.15, 0.2) is 11.6 Å². The Labute approximate surface area is 163 Å². The average Bonchev–Trinajstić information content (AvgIpc) is 2.67. The Hall–Kier alpha value is -3.13. The maximum absolute atomic E-state index is 14.1. The van der Waals surface area contributed by atoms with Crippen LogP contribution >= 0.6 is 11.6 Å². The van der Waals surface area contributed by atoms with E-state index in [1.165, 1.54) is 24.5 Å². The topological polar surface area (TPSA) is 71.0 Å². The zero-order chi connectivity index (χ0) is 19.8. The lowest BCUT2D eigenvalue weighted by molar-refractivity contribution is -0.130. The molecular formula is C19H14ClF2N5O. The van der Waals surface area contributed by atoms with E-state index in [0.29, 0.717) is 29.8 Å². The molecule has 1 aromatic carbocycles. The first-order valence-electron chi connectivity index (χ1n) is 8.40. The number of nitrogens with zero attached hydrogens (tertiary/aromatic N) is 4. The van der Waals surface area contributed by atoms with Crippen LogP contribution in [0.5, 0.6) is 0 Å². The molecule has 1 amide bonds. The summed E-state index contributed by atoms with van der Waals surface area (Å²) >= 11 is 5.60. The number of carbonyl (C=O) groups excluding carboxylic acids is 1. The number of carbonyl (C=O) groups is 1. The molecule has 1 fully saturated rings. The molecule has 1 saturated heterocycles. The van der Waals surface area contributed by atoms with Crippen molar-refractivity contribution in [3.8, 4) is 0 Å². The third-order valence-corrected chi connectivity index (χ3v) is 4.91. The molecule has 142 valence electrons. The lowest BCUT2D eigenvalue weighted by Crippen LogP contribution is -2.48. The molecule has 2 aromatic heterocycles. The minimum atomic E-state index is -1.13. The van der Waals surface area contributed by atoms with Crippen LogP contribution in [0.3, 0.4) is 0 Å². The summed E-state index contributed by atoms with van der Waals surface area (Å²) in [5.41, 5.74) is 1.22. The van der Waals surface area contributed by atoms with Crippen LogP contribution in [0.4, 0.5) is 20.3 Å². The van der Waals surface area contributed by atoms with Gasteiger partial charge in [0.1, 0.15) is 12.1 Å². The second kappa shape index (κ2) is 7.12. The number of hydrogen-bond acceptors (Lipinski definition) is 5. The van der Waals surface area contributed by atoms with E-state index in [0.717, 1.165) is 5.69 Å². The van der Waals surface area contributed by atoms with Crippen molar-refractivity contribution in [3.05, 3.63) is 65.7 Å². The number of fused-ring (bicyclic) bond motifs is 1. The van der Waals surface area contributed by atoms with Crippen LogP contribution in [0.25, 0.3) is 10.9 Å². The fraction of sp³-hybridized carbons (Fsp3) is 0.158. The number of rotatable bonds is 4. The quantitative estimate of drug-likeness (QED) is 0.531. The number of amides is 1. The SMILES string of the molecule is C=CC(=O)N1CC(c2cc3c(Nc4ccc(Cl)c(F)c4F)ncnc3cn2)C1. The van der Waals surface area contributed by atoms with E-state index < -0.39 is 11.6 Å². The smallest absolute Gasteiger partial charge is 0.245 e. The molecular weight excluding hydrogens is 388 g/mol. The van der Waals surface area contributed by atoms with E-state index in [4.69, 9.17) is 11.6 Å². The van der Waals surface area contributed by atoms with E-state index in [1.54, 1.807) is 17.2 Å². The number of anilines is 2. The van der Waals surface area contributed by atoms with Crippen molar-refractivity contribution in [1.29, 1.82) is 0 Å². The summed E-state index contributed by atoms with van der Waals surface area (Å²) in [6, 6.07) is 4.39. The fourth-order valence-electron chi connectivity index (χ4n) is 3.02. The average molecular weight is 402 g/mol. The lowest BCUT2D eigenvalue weighted by Gasteiger charge is -2.38. The number of likely N-dealkylation sites (tertiary alicyclic amines) is 1. The van der Waals surface area contributed by atoms with Gasteiger partial charge in [-0.05, 0) is 24.3 Å². The Balaban J connectivity index is 1.66. The van der Waals surface area contributed by atoms with Crippen LogP contribution in [0.15, 0.2) is 43.4 Å². The van der Waals surface area contributed by atoms with Crippen molar-refractivity contribution < 1.29 is 13.6 Å². The Kier molecular flexibility index (Phi) is 4.64. The molecule has 0 unspecified atom stereocenters. The first-order valence-corrected chi connectivity index (χ1v) is 8.78. The highest BCUT2D eigenvalue weighted by atomic mass is 35.5. The maximum atomic E-state index is 14.1. The zero-order valence-corrected chi connectivity index (χ0v) is 15.2. The third-order valence-electron chi connectivity index (χ3n) is 4.62. The summed E-state index contributed by atoms with van der Waals surface area (Å²) in [7, 11) is 0. The van der Waals surface area contributed by atoms with Crippen LogP contribution in [0.2, 0.25) is 5.02 Å². The Morgan fingerprint density at radius 2 is 2.04 bits per heavy atom. The normalized spacial score (nSPS) is 14.0. The standard InChI is InChI=1S/C19H14ClF2N5O/c1-2-16(28)27-7-10(8-27)14-5-11-15(6-23-14)24-9-25-19(11)26-13-4-3-12(20)17(21)18(13)22/h2-6,9-10H,1,7-8H2,(H,24,25,26). The first kappa shape index (κ1) is 18.2. The molecule has 1 N–H and O–H groups in total. The Morgan fingerprint density at radius 3 is 2.79 bits per heavy atom. The van der Waals surface area contributed by atoms with Crippen LogP contribution in [0.1, 0.15) is 11.6 Å². The monoisotopic (exact) mass is 401 g/mol. The molecule has 9 heteroatoms. The van der Waals surface area contributed by atoms with Gasteiger partial charge in [-0.3, -0.25) is 9.78 Å². The van der Waals surface area contributed by atoms with Crippen molar-refractivity contribution in [2.75, 3.05) is 18.4 Å². The number of halogens is 3. The van der Waals surface area contributed by atoms with Gasteiger partial charge >= 0.3 is 0 Å². The highest BCUT2D eigenvalue weighted by Gasteiger charge is 2.31. The predicted molar refractivity (Wildman–Crippen MR) is 102 cm³/mol. The summed E-state index contributed by atoms with van der Waals surface area (Å²) in [6.07, 6.45) is 4.18. The first-order chi connectivity index (χ1) is 13.5. The van der Waals surface area contributed by atoms with Crippen LogP contribution in [0, 0.1) is 11.6 Å². The van der Waals surface area contributed by atoms with Crippen molar-refractivity contribution in [1.82, 2.24) is 19.9 Å². The zero-order valence-electron chi connectivity index (χ0n) is 14.5. The molecule has 1 aliphatic heterocycles. The van der Waals surface area contributed by atoms with Gasteiger partial charge < -0.3 is 10.2 Å². The molecule has 0 bridgehead atoms. The van der Waals surface area contributed by atoms with E-state index in [2.05, 4.69) is 26.8 Å². The fourth-order valence-corrected chi connectivity index (χ4v) is 3.17. The summed E-state index contributed by atoms with van der Waals surface area (Å²) in [6.45, 7) is 4.55. The van der Waals surface area contributed by atoms with Crippen molar-refractivity contribution in [2.24, 2.45) is 0 Å². The van der Waals surface area contributed by atoms with Crippen molar-refractivity contribution in [3.63, 3.8) is 0 Å². The van der Waals surface area contributed by atoms with Gasteiger partial charge in [-0.1, -0.05) is 18.2 Å². The van der Waals surface area contributed by atoms with Crippen LogP contribution in [-0.2, 0) is 4.79 Å². The largest absolute Gasteiger partial charge is 0.338 e. The predicted octanol–water partition coefficient (Wildman–Crippen LogP) is 3.81. The van der Waals surface area contributed by atoms with Gasteiger partial charge in [0, 0.05) is 30.1 Å². The minimum Gasteiger partial charge on any atom is -0.338 e. The van der Waals surface area contributed by atoms with E-state index >= 15 is 0 Å². The molecule has 0 saturated carbocycles. The van der Waals surface area contributed by atoms with E-state index in [9.17, 15) is 13.6 Å². The van der Waals surface area contributed by atoms with E-state index in [1.807, 2.05) is 0 Å². The Bertz CT molecular complexity index is 1100. The van der Waals surface area contributed by atoms with Gasteiger partial charge in [-0.2, -0.15) is 0 Å². The molecule has 0 atom stereocenters. The third kappa shape index (κ3) is 3.16. The van der Waals surface area contributed by atoms with Crippen molar-refractivity contribution in [2.45, 2.75) is 5.92 Å². The van der Waals surface area contributed by atoms with Gasteiger partial charge in [-0.15, -0.1) is 0 Å². The summed E-state index contributed by atoms with van der Waals surface area (Å²) in [5, 5.41) is 3.10. The van der Waals surface area contributed by atoms with E-state index in [-0.39, 0.29) is 22.5 Å². The number of pyridine rings is 1. The molecule has 3 heterocycles. The second-order valence-electron chi connectivity index (χ2n) is 6.34. The highest BCUT2D eigenvalue weighted by molar-refractivity contribution is 6.30. The summed E-state index contributed by atoms with van der Waals surface area (Å²) in [5.74, 6) is -1.96. The molecule has 1 aliphatic rings. The molecule has 28 heavy (non-hydrogen) atoms. The minimum absolute atomic E-state index is 0.0751. The lowest BCUT2D eigenvalue weighted by atomic mass is 9.95. The second-order valence-corrected chi connectivity index (χ2v) is 6.75. The van der Waals surface area contributed by atoms with Gasteiger partial charge in [0.05, 0.1) is 22.4 Å². The molecule has 3 aromatic rings. The molecule has 0 radical (unpaired) electrons. The maximum Gasteiger partial charge on any atom is 0.245 e. The number of nitrogens with one attached hydrogen (secondary N) is 1.